The van der Waals surface area contributed by atoms with Crippen LogP contribution in [0, 0.1) is 36.0 Å². The SMILES string of the molecule is C#CC(NC(=O)[C@H]1CC(C)C[C@H]1C(=O)O)C(C)C. The Morgan fingerprint density at radius 3 is 2.33 bits per heavy atom. The van der Waals surface area contributed by atoms with Crippen LogP contribution in [0.4, 0.5) is 0 Å². The lowest BCUT2D eigenvalue weighted by Crippen LogP contribution is -2.43. The number of aliphatic carboxylic acids is 1. The first-order chi connectivity index (χ1) is 8.36. The zero-order valence-corrected chi connectivity index (χ0v) is 11.1. The number of nitrogens with one attached hydrogen (secondary N) is 1. The largest absolute Gasteiger partial charge is 0.481 e. The first kappa shape index (κ1) is 14.6. The summed E-state index contributed by atoms with van der Waals surface area (Å²) in [4.78, 5) is 23.2. The summed E-state index contributed by atoms with van der Waals surface area (Å²) in [5.41, 5.74) is 0. The second-order valence-electron chi connectivity index (χ2n) is 5.52. The van der Waals surface area contributed by atoms with Gasteiger partial charge in [-0.25, -0.2) is 0 Å². The zero-order valence-electron chi connectivity index (χ0n) is 11.1. The third-order valence-electron chi connectivity index (χ3n) is 3.60. The molecule has 2 unspecified atom stereocenters. The van der Waals surface area contributed by atoms with Crippen molar-refractivity contribution >= 4 is 11.9 Å². The number of carboxylic acid groups (broad SMARTS) is 1. The van der Waals surface area contributed by atoms with E-state index in [1.165, 1.54) is 0 Å². The molecule has 4 nitrogen and oxygen atoms in total. The van der Waals surface area contributed by atoms with E-state index < -0.39 is 17.8 Å². The predicted octanol–water partition coefficient (Wildman–Crippen LogP) is 1.51. The third-order valence-corrected chi connectivity index (χ3v) is 3.60. The van der Waals surface area contributed by atoms with Crippen molar-refractivity contribution in [3.8, 4) is 12.3 Å². The van der Waals surface area contributed by atoms with Gasteiger partial charge >= 0.3 is 5.97 Å². The van der Waals surface area contributed by atoms with Gasteiger partial charge in [0.2, 0.25) is 5.91 Å². The first-order valence-electron chi connectivity index (χ1n) is 6.36. The topological polar surface area (TPSA) is 66.4 Å². The van der Waals surface area contributed by atoms with Gasteiger partial charge in [0.15, 0.2) is 0 Å². The third kappa shape index (κ3) is 3.25. The molecule has 100 valence electrons. The summed E-state index contributed by atoms with van der Waals surface area (Å²) in [6, 6.07) is -0.331. The molecule has 1 aliphatic carbocycles. The van der Waals surface area contributed by atoms with Crippen LogP contribution in [0.5, 0.6) is 0 Å². The molecule has 0 aliphatic heterocycles. The molecule has 0 spiro atoms. The van der Waals surface area contributed by atoms with Crippen LogP contribution in [-0.4, -0.2) is 23.0 Å². The van der Waals surface area contributed by atoms with Crippen LogP contribution in [0.25, 0.3) is 0 Å². The highest BCUT2D eigenvalue weighted by Gasteiger charge is 2.41. The van der Waals surface area contributed by atoms with Crippen LogP contribution < -0.4 is 5.32 Å². The van der Waals surface area contributed by atoms with Gasteiger partial charge in [-0.15, -0.1) is 6.42 Å². The van der Waals surface area contributed by atoms with Crippen molar-refractivity contribution in [3.05, 3.63) is 0 Å². The van der Waals surface area contributed by atoms with Gasteiger partial charge < -0.3 is 10.4 Å². The lowest BCUT2D eigenvalue weighted by Gasteiger charge is -2.21. The van der Waals surface area contributed by atoms with Crippen molar-refractivity contribution in [2.45, 2.75) is 39.7 Å². The van der Waals surface area contributed by atoms with E-state index in [0.29, 0.717) is 12.8 Å². The Morgan fingerprint density at radius 1 is 1.33 bits per heavy atom. The number of carbonyl (C=O) groups excluding carboxylic acids is 1. The second-order valence-corrected chi connectivity index (χ2v) is 5.52. The summed E-state index contributed by atoms with van der Waals surface area (Å²) < 4.78 is 0. The fourth-order valence-electron chi connectivity index (χ4n) is 2.52. The van der Waals surface area contributed by atoms with Gasteiger partial charge in [-0.3, -0.25) is 9.59 Å². The maximum Gasteiger partial charge on any atom is 0.307 e. The van der Waals surface area contributed by atoms with Gasteiger partial charge in [-0.1, -0.05) is 26.7 Å². The molecule has 2 N–H and O–H groups in total. The van der Waals surface area contributed by atoms with Gasteiger partial charge in [0.05, 0.1) is 17.9 Å². The zero-order chi connectivity index (χ0) is 13.9. The molecular weight excluding hydrogens is 230 g/mol. The molecule has 1 rings (SSSR count). The molecule has 0 heterocycles. The normalized spacial score (nSPS) is 28.7. The summed E-state index contributed by atoms with van der Waals surface area (Å²) in [7, 11) is 0. The van der Waals surface area contributed by atoms with Crippen LogP contribution >= 0.6 is 0 Å². The molecule has 0 saturated heterocycles. The van der Waals surface area contributed by atoms with Crippen molar-refractivity contribution in [1.29, 1.82) is 0 Å². The number of hydrogen-bond donors (Lipinski definition) is 2. The van der Waals surface area contributed by atoms with Crippen LogP contribution in [0.2, 0.25) is 0 Å². The monoisotopic (exact) mass is 251 g/mol. The van der Waals surface area contributed by atoms with E-state index in [0.717, 1.165) is 0 Å². The van der Waals surface area contributed by atoms with Crippen molar-refractivity contribution < 1.29 is 14.7 Å². The Hall–Kier alpha value is -1.50. The standard InChI is InChI=1S/C14H21NO3/c1-5-12(8(2)3)15-13(16)10-6-9(4)7-11(10)14(17)18/h1,8-12H,6-7H2,2-4H3,(H,15,16)(H,17,18)/t9?,10-,11+,12?/m0/s1. The van der Waals surface area contributed by atoms with Gasteiger partial charge in [0, 0.05) is 0 Å². The number of amides is 1. The highest BCUT2D eigenvalue weighted by molar-refractivity contribution is 5.85. The summed E-state index contributed by atoms with van der Waals surface area (Å²) >= 11 is 0. The number of rotatable bonds is 4. The molecule has 0 aromatic rings. The molecule has 4 heteroatoms. The molecule has 1 amide bonds. The van der Waals surface area contributed by atoms with Gasteiger partial charge in [0.1, 0.15) is 0 Å². The molecule has 0 bridgehead atoms. The first-order valence-corrected chi connectivity index (χ1v) is 6.36. The Bertz CT molecular complexity index is 370. The fourth-order valence-corrected chi connectivity index (χ4v) is 2.52. The summed E-state index contributed by atoms with van der Waals surface area (Å²) in [6.45, 7) is 5.83. The van der Waals surface area contributed by atoms with E-state index in [1.807, 2.05) is 20.8 Å². The van der Waals surface area contributed by atoms with Crippen molar-refractivity contribution in [1.82, 2.24) is 5.32 Å². The van der Waals surface area contributed by atoms with E-state index in [9.17, 15) is 9.59 Å². The lowest BCUT2D eigenvalue weighted by atomic mass is 9.94. The highest BCUT2D eigenvalue weighted by atomic mass is 16.4. The predicted molar refractivity (Wildman–Crippen MR) is 68.6 cm³/mol. The highest BCUT2D eigenvalue weighted by Crippen LogP contribution is 2.36. The Balaban J connectivity index is 2.71. The van der Waals surface area contributed by atoms with Crippen LogP contribution in [0.15, 0.2) is 0 Å². The molecule has 1 fully saturated rings. The van der Waals surface area contributed by atoms with Gasteiger partial charge in [-0.2, -0.15) is 0 Å². The van der Waals surface area contributed by atoms with Crippen molar-refractivity contribution in [2.24, 2.45) is 23.7 Å². The van der Waals surface area contributed by atoms with Gasteiger partial charge in [-0.05, 0) is 24.7 Å². The maximum atomic E-state index is 12.1. The molecule has 1 aliphatic rings. The molecule has 4 atom stereocenters. The molecule has 0 aromatic heterocycles. The summed E-state index contributed by atoms with van der Waals surface area (Å²) in [5.74, 6) is 0.804. The van der Waals surface area contributed by atoms with E-state index in [2.05, 4.69) is 11.2 Å². The molecule has 18 heavy (non-hydrogen) atoms. The van der Waals surface area contributed by atoms with Gasteiger partial charge in [0.25, 0.3) is 0 Å². The van der Waals surface area contributed by atoms with Crippen LogP contribution in [-0.2, 0) is 9.59 Å². The Kier molecular flexibility index (Phi) is 4.77. The van der Waals surface area contributed by atoms with E-state index in [4.69, 9.17) is 11.5 Å². The van der Waals surface area contributed by atoms with Crippen LogP contribution in [0.1, 0.15) is 33.6 Å². The van der Waals surface area contributed by atoms with E-state index >= 15 is 0 Å². The summed E-state index contributed by atoms with van der Waals surface area (Å²) in [6.07, 6.45) is 6.55. The maximum absolute atomic E-state index is 12.1. The smallest absolute Gasteiger partial charge is 0.307 e. The minimum Gasteiger partial charge on any atom is -0.481 e. The van der Waals surface area contributed by atoms with Crippen LogP contribution in [0.3, 0.4) is 0 Å². The average molecular weight is 251 g/mol. The number of terminal acetylenes is 1. The average Bonchev–Trinajstić information content (AvgIpc) is 2.67. The lowest BCUT2D eigenvalue weighted by molar-refractivity contribution is -0.146. The quantitative estimate of drug-likeness (QED) is 0.744. The van der Waals surface area contributed by atoms with E-state index in [1.54, 1.807) is 0 Å². The van der Waals surface area contributed by atoms with Crippen molar-refractivity contribution in [3.63, 3.8) is 0 Å². The Labute approximate surface area is 108 Å². The summed E-state index contributed by atoms with van der Waals surface area (Å²) in [5, 5.41) is 11.9. The molecule has 0 aromatic carbocycles. The minimum absolute atomic E-state index is 0.140. The fraction of sp³-hybridized carbons (Fsp3) is 0.714. The van der Waals surface area contributed by atoms with E-state index in [-0.39, 0.29) is 23.8 Å². The Morgan fingerprint density at radius 2 is 1.89 bits per heavy atom. The number of hydrogen-bond acceptors (Lipinski definition) is 2. The van der Waals surface area contributed by atoms with Crippen molar-refractivity contribution in [2.75, 3.05) is 0 Å². The molecular formula is C14H21NO3. The molecule has 0 radical (unpaired) electrons. The number of carboxylic acids is 1. The number of carbonyl (C=O) groups is 2. The molecule has 1 saturated carbocycles. The second kappa shape index (κ2) is 5.90. The minimum atomic E-state index is -0.888.